The van der Waals surface area contributed by atoms with Crippen LogP contribution in [0.3, 0.4) is 0 Å². The van der Waals surface area contributed by atoms with Gasteiger partial charge < -0.3 is 4.74 Å². The molecular formula is C12H14O2. The van der Waals surface area contributed by atoms with Crippen LogP contribution in [0.2, 0.25) is 0 Å². The Bertz CT molecular complexity index is 353. The van der Waals surface area contributed by atoms with Gasteiger partial charge in [-0.25, -0.2) is 4.79 Å². The summed E-state index contributed by atoms with van der Waals surface area (Å²) < 4.78 is 4.96. The lowest BCUT2D eigenvalue weighted by atomic mass is 10.1. The Hall–Kier alpha value is -1.57. The first-order chi connectivity index (χ1) is 6.65. The maximum atomic E-state index is 11.5. The second-order valence-electron chi connectivity index (χ2n) is 3.21. The normalized spacial score (nSPS) is 9.57. The van der Waals surface area contributed by atoms with Crippen LogP contribution in [-0.2, 0) is 4.74 Å². The summed E-state index contributed by atoms with van der Waals surface area (Å²) in [6.07, 6.45) is 1.56. The average molecular weight is 190 g/mol. The molecule has 0 N–H and O–H groups in total. The van der Waals surface area contributed by atoms with E-state index < -0.39 is 0 Å². The smallest absolute Gasteiger partial charge is 0.338 e. The van der Waals surface area contributed by atoms with Gasteiger partial charge in [-0.15, -0.1) is 0 Å². The van der Waals surface area contributed by atoms with E-state index in [0.717, 1.165) is 11.1 Å². The molecule has 1 aromatic carbocycles. The second kappa shape index (κ2) is 4.61. The first-order valence-corrected chi connectivity index (χ1v) is 4.50. The maximum absolute atomic E-state index is 11.5. The Morgan fingerprint density at radius 3 is 2.86 bits per heavy atom. The van der Waals surface area contributed by atoms with Crippen molar-refractivity contribution in [2.75, 3.05) is 6.61 Å². The van der Waals surface area contributed by atoms with Crippen molar-refractivity contribution in [1.82, 2.24) is 0 Å². The van der Waals surface area contributed by atoms with E-state index in [1.807, 2.05) is 32.0 Å². The van der Waals surface area contributed by atoms with Crippen LogP contribution < -0.4 is 0 Å². The van der Waals surface area contributed by atoms with E-state index in [-0.39, 0.29) is 12.6 Å². The number of carbonyl (C=O) groups is 1. The molecule has 0 aliphatic heterocycles. The number of hydrogen-bond acceptors (Lipinski definition) is 2. The topological polar surface area (TPSA) is 26.3 Å². The van der Waals surface area contributed by atoms with Crippen molar-refractivity contribution in [2.45, 2.75) is 13.8 Å². The Kier molecular flexibility index (Phi) is 3.46. The Labute approximate surface area is 84.2 Å². The van der Waals surface area contributed by atoms with Crippen LogP contribution in [0, 0.1) is 13.8 Å². The van der Waals surface area contributed by atoms with E-state index in [4.69, 9.17) is 4.74 Å². The number of carbonyl (C=O) groups excluding carboxylic acids is 1. The van der Waals surface area contributed by atoms with Crippen molar-refractivity contribution < 1.29 is 9.53 Å². The fourth-order valence-corrected chi connectivity index (χ4v) is 1.17. The molecule has 0 aromatic heterocycles. The second-order valence-corrected chi connectivity index (χ2v) is 3.21. The summed E-state index contributed by atoms with van der Waals surface area (Å²) in [7, 11) is 0. The highest BCUT2D eigenvalue weighted by atomic mass is 16.5. The molecule has 0 aliphatic rings. The number of esters is 1. The third-order valence-electron chi connectivity index (χ3n) is 1.95. The van der Waals surface area contributed by atoms with E-state index in [1.165, 1.54) is 0 Å². The number of rotatable bonds is 3. The first kappa shape index (κ1) is 10.5. The molecule has 14 heavy (non-hydrogen) atoms. The number of ether oxygens (including phenoxy) is 1. The largest absolute Gasteiger partial charge is 0.458 e. The molecule has 0 unspecified atom stereocenters. The van der Waals surface area contributed by atoms with E-state index in [2.05, 4.69) is 6.58 Å². The van der Waals surface area contributed by atoms with Crippen LogP contribution in [0.25, 0.3) is 0 Å². The third-order valence-corrected chi connectivity index (χ3v) is 1.95. The highest BCUT2D eigenvalue weighted by Gasteiger charge is 2.09. The van der Waals surface area contributed by atoms with Gasteiger partial charge in [0.2, 0.25) is 0 Å². The van der Waals surface area contributed by atoms with Gasteiger partial charge in [0, 0.05) is 0 Å². The molecule has 0 radical (unpaired) electrons. The highest BCUT2D eigenvalue weighted by Crippen LogP contribution is 2.11. The molecule has 0 saturated heterocycles. The van der Waals surface area contributed by atoms with E-state index in [9.17, 15) is 4.79 Å². The summed E-state index contributed by atoms with van der Waals surface area (Å²) in [5.41, 5.74) is 2.62. The molecule has 1 rings (SSSR count). The molecule has 0 amide bonds. The van der Waals surface area contributed by atoms with Gasteiger partial charge in [0.1, 0.15) is 6.61 Å². The summed E-state index contributed by atoms with van der Waals surface area (Å²) in [4.78, 5) is 11.5. The molecule has 0 aliphatic carbocycles. The van der Waals surface area contributed by atoms with Crippen LogP contribution in [0.4, 0.5) is 0 Å². The summed E-state index contributed by atoms with van der Waals surface area (Å²) in [5.74, 6) is -0.286. The quantitative estimate of drug-likeness (QED) is 0.541. The minimum atomic E-state index is -0.286. The zero-order valence-corrected chi connectivity index (χ0v) is 8.54. The molecule has 74 valence electrons. The van der Waals surface area contributed by atoms with Gasteiger partial charge >= 0.3 is 5.97 Å². The molecule has 0 heterocycles. The Morgan fingerprint density at radius 1 is 1.50 bits per heavy atom. The minimum Gasteiger partial charge on any atom is -0.458 e. The number of hydrogen-bond donors (Lipinski definition) is 0. The molecule has 0 saturated carbocycles. The Morgan fingerprint density at radius 2 is 2.21 bits per heavy atom. The molecule has 2 nitrogen and oxygen atoms in total. The van der Waals surface area contributed by atoms with Gasteiger partial charge in [-0.1, -0.05) is 30.4 Å². The van der Waals surface area contributed by atoms with Crippen LogP contribution in [0.15, 0.2) is 30.9 Å². The predicted octanol–water partition coefficient (Wildman–Crippen LogP) is 2.65. The van der Waals surface area contributed by atoms with Crippen molar-refractivity contribution in [3.63, 3.8) is 0 Å². The van der Waals surface area contributed by atoms with Crippen LogP contribution in [-0.4, -0.2) is 12.6 Å². The van der Waals surface area contributed by atoms with Crippen LogP contribution in [0.1, 0.15) is 21.5 Å². The fourth-order valence-electron chi connectivity index (χ4n) is 1.17. The van der Waals surface area contributed by atoms with Crippen molar-refractivity contribution in [2.24, 2.45) is 0 Å². The van der Waals surface area contributed by atoms with Crippen molar-refractivity contribution in [3.8, 4) is 0 Å². The third kappa shape index (κ3) is 2.46. The summed E-state index contributed by atoms with van der Waals surface area (Å²) in [6.45, 7) is 7.59. The monoisotopic (exact) mass is 190 g/mol. The molecule has 0 bridgehead atoms. The van der Waals surface area contributed by atoms with Crippen molar-refractivity contribution >= 4 is 5.97 Å². The number of benzene rings is 1. The van der Waals surface area contributed by atoms with Gasteiger partial charge in [0.05, 0.1) is 5.56 Å². The van der Waals surface area contributed by atoms with Gasteiger partial charge in [-0.05, 0) is 25.5 Å². The van der Waals surface area contributed by atoms with E-state index in [1.54, 1.807) is 6.08 Å². The minimum absolute atomic E-state index is 0.256. The van der Waals surface area contributed by atoms with E-state index in [0.29, 0.717) is 5.56 Å². The first-order valence-electron chi connectivity index (χ1n) is 4.50. The van der Waals surface area contributed by atoms with Crippen molar-refractivity contribution in [3.05, 3.63) is 47.5 Å². The van der Waals surface area contributed by atoms with Gasteiger partial charge in [0.15, 0.2) is 0 Å². The highest BCUT2D eigenvalue weighted by molar-refractivity contribution is 5.91. The van der Waals surface area contributed by atoms with Gasteiger partial charge in [-0.3, -0.25) is 0 Å². The average Bonchev–Trinajstić information content (AvgIpc) is 2.18. The summed E-state index contributed by atoms with van der Waals surface area (Å²) in [6, 6.07) is 5.72. The fraction of sp³-hybridized carbons (Fsp3) is 0.250. The zero-order valence-electron chi connectivity index (χ0n) is 8.54. The number of aryl methyl sites for hydroxylation is 2. The summed E-state index contributed by atoms with van der Waals surface area (Å²) in [5, 5.41) is 0. The zero-order chi connectivity index (χ0) is 10.6. The predicted molar refractivity (Wildman–Crippen MR) is 56.4 cm³/mol. The molecule has 1 aromatic rings. The van der Waals surface area contributed by atoms with Crippen LogP contribution in [0.5, 0.6) is 0 Å². The molecular weight excluding hydrogens is 176 g/mol. The SMILES string of the molecule is C=CCOC(=O)c1cc(C)ccc1C. The van der Waals surface area contributed by atoms with Gasteiger partial charge in [-0.2, -0.15) is 0 Å². The summed E-state index contributed by atoms with van der Waals surface area (Å²) >= 11 is 0. The molecule has 0 atom stereocenters. The van der Waals surface area contributed by atoms with E-state index >= 15 is 0 Å². The van der Waals surface area contributed by atoms with Crippen molar-refractivity contribution in [1.29, 1.82) is 0 Å². The van der Waals surface area contributed by atoms with Crippen LogP contribution >= 0.6 is 0 Å². The lowest BCUT2D eigenvalue weighted by Crippen LogP contribution is -2.07. The lowest BCUT2D eigenvalue weighted by Gasteiger charge is -2.05. The molecule has 0 spiro atoms. The lowest BCUT2D eigenvalue weighted by molar-refractivity contribution is 0.0549. The Balaban J connectivity index is 2.88. The molecule has 2 heteroatoms. The standard InChI is InChI=1S/C12H14O2/c1-4-7-14-12(13)11-8-9(2)5-6-10(11)3/h4-6,8H,1,7H2,2-3H3. The maximum Gasteiger partial charge on any atom is 0.338 e. The van der Waals surface area contributed by atoms with Gasteiger partial charge in [0.25, 0.3) is 0 Å². The molecule has 0 fully saturated rings.